The summed E-state index contributed by atoms with van der Waals surface area (Å²) >= 11 is 0. The Morgan fingerprint density at radius 3 is 1.64 bits per heavy atom. The number of hydrogen-bond donors (Lipinski definition) is 0. The summed E-state index contributed by atoms with van der Waals surface area (Å²) < 4.78 is 0. The standard InChI is InChI=1S/C37H23N5/c1-3-12-25(13-4-1)35-40-36(26-14-5-2-6-15-26)42-37(41-35)27-20-22-32(38-23-27)34-30-21-19-24-11-7-8-16-28(24)33(30)29-17-9-10-18-31(29)39-34/h1-23H. The largest absolute Gasteiger partial charge is 0.254 e. The van der Waals surface area contributed by atoms with E-state index < -0.39 is 0 Å². The molecule has 0 bridgehead atoms. The Morgan fingerprint density at radius 1 is 0.381 bits per heavy atom. The number of aromatic nitrogens is 5. The molecule has 8 aromatic rings. The monoisotopic (exact) mass is 537 g/mol. The van der Waals surface area contributed by atoms with Crippen molar-refractivity contribution in [2.75, 3.05) is 0 Å². The van der Waals surface area contributed by atoms with E-state index in [0.29, 0.717) is 17.5 Å². The Morgan fingerprint density at radius 2 is 0.976 bits per heavy atom. The van der Waals surface area contributed by atoms with Gasteiger partial charge in [-0.1, -0.05) is 115 Å². The molecule has 42 heavy (non-hydrogen) atoms. The van der Waals surface area contributed by atoms with Gasteiger partial charge in [-0.15, -0.1) is 0 Å². The Kier molecular flexibility index (Phi) is 5.71. The van der Waals surface area contributed by atoms with E-state index in [1.165, 1.54) is 16.2 Å². The predicted molar refractivity (Wildman–Crippen MR) is 170 cm³/mol. The van der Waals surface area contributed by atoms with Crippen molar-refractivity contribution in [1.82, 2.24) is 24.9 Å². The van der Waals surface area contributed by atoms with Crippen LogP contribution in [-0.2, 0) is 0 Å². The van der Waals surface area contributed by atoms with E-state index in [-0.39, 0.29) is 0 Å². The van der Waals surface area contributed by atoms with Crippen LogP contribution in [0, 0.1) is 0 Å². The molecule has 0 aliphatic carbocycles. The number of benzene rings is 5. The van der Waals surface area contributed by atoms with Crippen molar-refractivity contribution in [3.63, 3.8) is 0 Å². The lowest BCUT2D eigenvalue weighted by Crippen LogP contribution is -2.00. The Balaban J connectivity index is 1.28. The Hall–Kier alpha value is -5.81. The van der Waals surface area contributed by atoms with Crippen LogP contribution in [0.15, 0.2) is 140 Å². The van der Waals surface area contributed by atoms with Crippen LogP contribution in [0.25, 0.3) is 78.0 Å². The van der Waals surface area contributed by atoms with E-state index in [1.54, 1.807) is 0 Å². The van der Waals surface area contributed by atoms with E-state index in [1.807, 2.05) is 85.1 Å². The minimum absolute atomic E-state index is 0.573. The minimum atomic E-state index is 0.573. The summed E-state index contributed by atoms with van der Waals surface area (Å²) in [7, 11) is 0. The molecule has 0 radical (unpaired) electrons. The van der Waals surface area contributed by atoms with Crippen molar-refractivity contribution in [2.45, 2.75) is 0 Å². The summed E-state index contributed by atoms with van der Waals surface area (Å²) in [6, 6.07) is 45.1. The highest BCUT2D eigenvalue weighted by molar-refractivity contribution is 6.22. The van der Waals surface area contributed by atoms with Crippen molar-refractivity contribution >= 4 is 32.4 Å². The van der Waals surface area contributed by atoms with Crippen LogP contribution >= 0.6 is 0 Å². The normalized spacial score (nSPS) is 11.3. The quantitative estimate of drug-likeness (QED) is 0.210. The zero-order valence-corrected chi connectivity index (χ0v) is 22.5. The molecule has 0 N–H and O–H groups in total. The minimum Gasteiger partial charge on any atom is -0.254 e. The van der Waals surface area contributed by atoms with Crippen LogP contribution < -0.4 is 0 Å². The molecule has 3 aromatic heterocycles. The third kappa shape index (κ3) is 4.16. The lowest BCUT2D eigenvalue weighted by molar-refractivity contribution is 1.07. The van der Waals surface area contributed by atoms with Gasteiger partial charge >= 0.3 is 0 Å². The van der Waals surface area contributed by atoms with Crippen LogP contribution in [0.4, 0.5) is 0 Å². The van der Waals surface area contributed by atoms with Gasteiger partial charge in [0.2, 0.25) is 0 Å². The first-order valence-electron chi connectivity index (χ1n) is 13.9. The molecule has 0 atom stereocenters. The first-order chi connectivity index (χ1) is 20.8. The van der Waals surface area contributed by atoms with E-state index in [2.05, 4.69) is 54.6 Å². The topological polar surface area (TPSA) is 64.5 Å². The molecule has 3 heterocycles. The predicted octanol–water partition coefficient (Wildman–Crippen LogP) is 8.79. The summed E-state index contributed by atoms with van der Waals surface area (Å²) in [6.45, 7) is 0. The zero-order chi connectivity index (χ0) is 27.9. The molecule has 0 unspecified atom stereocenters. The highest BCUT2D eigenvalue weighted by Gasteiger charge is 2.16. The molecule has 196 valence electrons. The molecular weight excluding hydrogens is 514 g/mol. The lowest BCUT2D eigenvalue weighted by Gasteiger charge is -2.12. The van der Waals surface area contributed by atoms with Crippen LogP contribution in [0.3, 0.4) is 0 Å². The zero-order valence-electron chi connectivity index (χ0n) is 22.5. The fourth-order valence-electron chi connectivity index (χ4n) is 5.52. The molecule has 0 aliphatic heterocycles. The van der Waals surface area contributed by atoms with Gasteiger partial charge in [0.25, 0.3) is 0 Å². The number of rotatable bonds is 4. The molecular formula is C37H23N5. The number of fused-ring (bicyclic) bond motifs is 5. The number of nitrogens with zero attached hydrogens (tertiary/aromatic N) is 5. The molecule has 0 saturated heterocycles. The summed E-state index contributed by atoms with van der Waals surface area (Å²) in [5, 5.41) is 5.81. The van der Waals surface area contributed by atoms with Crippen molar-refractivity contribution in [2.24, 2.45) is 0 Å². The molecule has 0 fully saturated rings. The van der Waals surface area contributed by atoms with Crippen LogP contribution in [0.2, 0.25) is 0 Å². The van der Waals surface area contributed by atoms with Crippen molar-refractivity contribution in [1.29, 1.82) is 0 Å². The lowest BCUT2D eigenvalue weighted by atomic mass is 9.96. The van der Waals surface area contributed by atoms with Crippen molar-refractivity contribution in [3.8, 4) is 45.6 Å². The van der Waals surface area contributed by atoms with E-state index in [4.69, 9.17) is 24.9 Å². The van der Waals surface area contributed by atoms with E-state index in [9.17, 15) is 0 Å². The van der Waals surface area contributed by atoms with Gasteiger partial charge < -0.3 is 0 Å². The molecule has 0 aliphatic rings. The highest BCUT2D eigenvalue weighted by Crippen LogP contribution is 2.36. The molecule has 5 nitrogen and oxygen atoms in total. The maximum atomic E-state index is 5.09. The smallest absolute Gasteiger partial charge is 0.165 e. The van der Waals surface area contributed by atoms with Crippen LogP contribution in [0.1, 0.15) is 0 Å². The third-order valence-electron chi connectivity index (χ3n) is 7.55. The van der Waals surface area contributed by atoms with Gasteiger partial charge in [0.15, 0.2) is 17.5 Å². The Labute approximate surface area is 242 Å². The van der Waals surface area contributed by atoms with Crippen LogP contribution in [0.5, 0.6) is 0 Å². The molecule has 5 aromatic carbocycles. The summed E-state index contributed by atoms with van der Waals surface area (Å²) in [4.78, 5) is 24.5. The van der Waals surface area contributed by atoms with Crippen molar-refractivity contribution < 1.29 is 0 Å². The molecule has 8 rings (SSSR count). The first-order valence-corrected chi connectivity index (χ1v) is 13.9. The van der Waals surface area contributed by atoms with E-state index >= 15 is 0 Å². The maximum Gasteiger partial charge on any atom is 0.165 e. The fourth-order valence-corrected chi connectivity index (χ4v) is 5.52. The summed E-state index contributed by atoms with van der Waals surface area (Å²) in [6.07, 6.45) is 1.83. The second-order valence-electron chi connectivity index (χ2n) is 10.2. The summed E-state index contributed by atoms with van der Waals surface area (Å²) in [5.74, 6) is 1.82. The third-order valence-corrected chi connectivity index (χ3v) is 7.55. The first kappa shape index (κ1) is 24.0. The average molecular weight is 538 g/mol. The molecule has 0 spiro atoms. The molecule has 0 amide bonds. The maximum absolute atomic E-state index is 5.09. The van der Waals surface area contributed by atoms with Gasteiger partial charge in [0, 0.05) is 39.0 Å². The van der Waals surface area contributed by atoms with Gasteiger partial charge in [0.1, 0.15) is 0 Å². The number of hydrogen-bond acceptors (Lipinski definition) is 5. The number of para-hydroxylation sites is 1. The van der Waals surface area contributed by atoms with E-state index in [0.717, 1.165) is 44.4 Å². The molecule has 0 saturated carbocycles. The summed E-state index contributed by atoms with van der Waals surface area (Å²) in [5.41, 5.74) is 5.27. The average Bonchev–Trinajstić information content (AvgIpc) is 3.08. The fraction of sp³-hybridized carbons (Fsp3) is 0. The molecule has 5 heteroatoms. The number of pyridine rings is 2. The highest BCUT2D eigenvalue weighted by atomic mass is 15.0. The second kappa shape index (κ2) is 9.98. The second-order valence-corrected chi connectivity index (χ2v) is 10.2. The van der Waals surface area contributed by atoms with Crippen molar-refractivity contribution in [3.05, 3.63) is 140 Å². The van der Waals surface area contributed by atoms with Gasteiger partial charge in [-0.3, -0.25) is 4.98 Å². The SMILES string of the molecule is c1ccc(-c2nc(-c3ccccc3)nc(-c3ccc(-c4nc5ccccc5c5c4ccc4ccccc45)nc3)n2)cc1. The van der Waals surface area contributed by atoms with Gasteiger partial charge in [0.05, 0.1) is 16.9 Å². The van der Waals surface area contributed by atoms with Gasteiger partial charge in [-0.25, -0.2) is 19.9 Å². The van der Waals surface area contributed by atoms with Crippen LogP contribution in [-0.4, -0.2) is 24.9 Å². The Bertz CT molecular complexity index is 2160. The van der Waals surface area contributed by atoms with Gasteiger partial charge in [-0.05, 0) is 29.0 Å². The van der Waals surface area contributed by atoms with Gasteiger partial charge in [-0.2, -0.15) is 0 Å².